The Labute approximate surface area is 168 Å². The van der Waals surface area contributed by atoms with Crippen LogP contribution in [0.2, 0.25) is 0 Å². The lowest BCUT2D eigenvalue weighted by molar-refractivity contribution is 0.296. The predicted octanol–water partition coefficient (Wildman–Crippen LogP) is 3.40. The number of rotatable bonds is 9. The number of para-hydroxylation sites is 1. The molecule has 0 radical (unpaired) electrons. The van der Waals surface area contributed by atoms with Crippen molar-refractivity contribution in [1.29, 1.82) is 0 Å². The van der Waals surface area contributed by atoms with E-state index >= 15 is 0 Å². The van der Waals surface area contributed by atoms with E-state index in [0.717, 1.165) is 42.9 Å². The molecular formula is C23H32N4O. The first-order valence-corrected chi connectivity index (χ1v) is 10.0. The lowest BCUT2D eigenvalue weighted by Crippen LogP contribution is -2.36. The average Bonchev–Trinajstić information content (AvgIpc) is 3.51. The van der Waals surface area contributed by atoms with Gasteiger partial charge in [-0.25, -0.2) is 0 Å². The highest BCUT2D eigenvalue weighted by Crippen LogP contribution is 2.30. The summed E-state index contributed by atoms with van der Waals surface area (Å²) in [5.74, 6) is 2.50. The highest BCUT2D eigenvalue weighted by molar-refractivity contribution is 5.79. The third kappa shape index (κ3) is 6.57. The van der Waals surface area contributed by atoms with Crippen molar-refractivity contribution >= 4 is 5.96 Å². The van der Waals surface area contributed by atoms with Gasteiger partial charge in [0, 0.05) is 32.2 Å². The number of nitrogens with zero attached hydrogens (tertiary/aromatic N) is 2. The number of aliphatic imine (C=N–C) groups is 1. The second kappa shape index (κ2) is 10.1. The second-order valence-electron chi connectivity index (χ2n) is 7.70. The Morgan fingerprint density at radius 3 is 2.54 bits per heavy atom. The summed E-state index contributed by atoms with van der Waals surface area (Å²) in [5, 5.41) is 6.80. The average molecular weight is 381 g/mol. The Morgan fingerprint density at radius 2 is 1.79 bits per heavy atom. The zero-order valence-electron chi connectivity index (χ0n) is 17.2. The van der Waals surface area contributed by atoms with E-state index in [1.54, 1.807) is 7.05 Å². The van der Waals surface area contributed by atoms with Gasteiger partial charge in [-0.15, -0.1) is 0 Å². The number of nitrogens with one attached hydrogen (secondary N) is 2. The van der Waals surface area contributed by atoms with Crippen molar-refractivity contribution in [2.24, 2.45) is 10.9 Å². The molecule has 0 aliphatic heterocycles. The van der Waals surface area contributed by atoms with Gasteiger partial charge in [0.2, 0.25) is 0 Å². The van der Waals surface area contributed by atoms with E-state index in [4.69, 9.17) is 4.74 Å². The standard InChI is InChI=1S/C23H32N4O/c1-24-23(25-14-19-7-6-8-20(13-19)16-27(2)3)26-15-21-9-4-5-10-22(21)28-17-18-11-12-18/h4-10,13,18H,11-12,14-17H2,1-3H3,(H2,24,25,26). The van der Waals surface area contributed by atoms with Crippen LogP contribution in [0.1, 0.15) is 29.5 Å². The molecule has 2 N–H and O–H groups in total. The van der Waals surface area contributed by atoms with Gasteiger partial charge in [0.15, 0.2) is 5.96 Å². The molecule has 0 amide bonds. The molecule has 0 spiro atoms. The van der Waals surface area contributed by atoms with Gasteiger partial charge in [-0.2, -0.15) is 0 Å². The lowest BCUT2D eigenvalue weighted by atomic mass is 10.1. The number of hydrogen-bond donors (Lipinski definition) is 2. The van der Waals surface area contributed by atoms with E-state index < -0.39 is 0 Å². The van der Waals surface area contributed by atoms with Crippen LogP contribution in [0, 0.1) is 5.92 Å². The smallest absolute Gasteiger partial charge is 0.191 e. The molecule has 5 nitrogen and oxygen atoms in total. The van der Waals surface area contributed by atoms with Crippen LogP contribution < -0.4 is 15.4 Å². The van der Waals surface area contributed by atoms with Gasteiger partial charge >= 0.3 is 0 Å². The maximum absolute atomic E-state index is 6.00. The summed E-state index contributed by atoms with van der Waals surface area (Å²) in [5.41, 5.74) is 3.71. The number of ether oxygens (including phenoxy) is 1. The molecule has 1 saturated carbocycles. The normalized spacial score (nSPS) is 14.2. The minimum Gasteiger partial charge on any atom is -0.493 e. The second-order valence-corrected chi connectivity index (χ2v) is 7.70. The van der Waals surface area contributed by atoms with Crippen LogP contribution in [0.4, 0.5) is 0 Å². The maximum Gasteiger partial charge on any atom is 0.191 e. The number of hydrogen-bond acceptors (Lipinski definition) is 3. The highest BCUT2D eigenvalue weighted by Gasteiger charge is 2.22. The molecule has 0 heterocycles. The quantitative estimate of drug-likeness (QED) is 0.517. The summed E-state index contributed by atoms with van der Waals surface area (Å²) < 4.78 is 6.00. The third-order valence-electron chi connectivity index (χ3n) is 4.76. The molecule has 1 aliphatic rings. The molecule has 1 fully saturated rings. The number of benzene rings is 2. The first kappa shape index (κ1) is 20.2. The zero-order chi connectivity index (χ0) is 19.8. The summed E-state index contributed by atoms with van der Waals surface area (Å²) in [4.78, 5) is 6.52. The summed E-state index contributed by atoms with van der Waals surface area (Å²) in [6, 6.07) is 16.9. The van der Waals surface area contributed by atoms with Crippen molar-refractivity contribution in [3.8, 4) is 5.75 Å². The summed E-state index contributed by atoms with van der Waals surface area (Å²) in [7, 11) is 5.97. The van der Waals surface area contributed by atoms with Crippen molar-refractivity contribution < 1.29 is 4.74 Å². The van der Waals surface area contributed by atoms with E-state index in [0.29, 0.717) is 6.54 Å². The molecule has 2 aromatic carbocycles. The van der Waals surface area contributed by atoms with Crippen molar-refractivity contribution in [3.05, 3.63) is 65.2 Å². The Morgan fingerprint density at radius 1 is 1.04 bits per heavy atom. The van der Waals surface area contributed by atoms with Crippen LogP contribution in [0.3, 0.4) is 0 Å². The van der Waals surface area contributed by atoms with Gasteiger partial charge in [-0.1, -0.05) is 42.5 Å². The minimum atomic E-state index is 0.682. The van der Waals surface area contributed by atoms with E-state index in [2.05, 4.69) is 65.0 Å². The summed E-state index contributed by atoms with van der Waals surface area (Å²) >= 11 is 0. The van der Waals surface area contributed by atoms with Crippen molar-refractivity contribution in [2.45, 2.75) is 32.5 Å². The monoisotopic (exact) mass is 380 g/mol. The minimum absolute atomic E-state index is 0.682. The Balaban J connectivity index is 1.51. The molecule has 0 saturated heterocycles. The van der Waals surface area contributed by atoms with Crippen molar-refractivity contribution in [3.63, 3.8) is 0 Å². The largest absolute Gasteiger partial charge is 0.493 e. The first-order valence-electron chi connectivity index (χ1n) is 10.0. The summed E-state index contributed by atoms with van der Waals surface area (Å²) in [6.45, 7) is 3.19. The van der Waals surface area contributed by atoms with Gasteiger partial charge < -0.3 is 20.3 Å². The fourth-order valence-corrected chi connectivity index (χ4v) is 3.07. The van der Waals surface area contributed by atoms with E-state index in [1.165, 1.54) is 24.0 Å². The predicted molar refractivity (Wildman–Crippen MR) is 116 cm³/mol. The van der Waals surface area contributed by atoms with Gasteiger partial charge in [-0.05, 0) is 50.0 Å². The highest BCUT2D eigenvalue weighted by atomic mass is 16.5. The molecule has 0 bridgehead atoms. The van der Waals surface area contributed by atoms with Crippen LogP contribution in [-0.2, 0) is 19.6 Å². The molecular weight excluding hydrogens is 348 g/mol. The molecule has 2 aromatic rings. The Hall–Kier alpha value is -2.53. The van der Waals surface area contributed by atoms with Crippen LogP contribution in [0.25, 0.3) is 0 Å². The Kier molecular flexibility index (Phi) is 7.31. The van der Waals surface area contributed by atoms with Crippen molar-refractivity contribution in [1.82, 2.24) is 15.5 Å². The van der Waals surface area contributed by atoms with E-state index in [9.17, 15) is 0 Å². The fraction of sp³-hybridized carbons (Fsp3) is 0.435. The molecule has 0 aromatic heterocycles. The number of guanidine groups is 1. The summed E-state index contributed by atoms with van der Waals surface area (Å²) in [6.07, 6.45) is 2.60. The molecule has 0 atom stereocenters. The lowest BCUT2D eigenvalue weighted by Gasteiger charge is -2.15. The van der Waals surface area contributed by atoms with Crippen LogP contribution in [0.5, 0.6) is 5.75 Å². The molecule has 5 heteroatoms. The van der Waals surface area contributed by atoms with Crippen LogP contribution in [-0.4, -0.2) is 38.6 Å². The van der Waals surface area contributed by atoms with Crippen LogP contribution >= 0.6 is 0 Å². The Bertz CT molecular complexity index is 784. The van der Waals surface area contributed by atoms with Gasteiger partial charge in [0.1, 0.15) is 5.75 Å². The van der Waals surface area contributed by atoms with Gasteiger partial charge in [-0.3, -0.25) is 4.99 Å². The first-order chi connectivity index (χ1) is 13.6. The molecule has 1 aliphatic carbocycles. The molecule has 3 rings (SSSR count). The molecule has 150 valence electrons. The topological polar surface area (TPSA) is 48.9 Å². The SMILES string of the molecule is CN=C(NCc1cccc(CN(C)C)c1)NCc1ccccc1OCC1CC1. The maximum atomic E-state index is 6.00. The molecule has 28 heavy (non-hydrogen) atoms. The van der Waals surface area contributed by atoms with Crippen LogP contribution in [0.15, 0.2) is 53.5 Å². The van der Waals surface area contributed by atoms with Crippen molar-refractivity contribution in [2.75, 3.05) is 27.7 Å². The van der Waals surface area contributed by atoms with E-state index in [1.807, 2.05) is 18.2 Å². The van der Waals surface area contributed by atoms with Gasteiger partial charge in [0.25, 0.3) is 0 Å². The van der Waals surface area contributed by atoms with E-state index in [-0.39, 0.29) is 0 Å². The molecule has 0 unspecified atom stereocenters. The van der Waals surface area contributed by atoms with Gasteiger partial charge in [0.05, 0.1) is 6.61 Å². The fourth-order valence-electron chi connectivity index (χ4n) is 3.07. The zero-order valence-corrected chi connectivity index (χ0v) is 17.2. The third-order valence-corrected chi connectivity index (χ3v) is 4.76.